The van der Waals surface area contributed by atoms with Crippen LogP contribution in [-0.4, -0.2) is 97.1 Å². The van der Waals surface area contributed by atoms with E-state index in [4.69, 9.17) is 9.47 Å². The van der Waals surface area contributed by atoms with E-state index in [1.54, 1.807) is 15.7 Å². The van der Waals surface area contributed by atoms with E-state index in [0.717, 1.165) is 5.56 Å². The molecule has 4 aliphatic rings. The average molecular weight is 796 g/mol. The molecule has 278 valence electrons. The van der Waals surface area contributed by atoms with Crippen molar-refractivity contribution in [1.82, 2.24) is 30.1 Å². The molecular weight excluding hydrogens is 756 g/mol. The smallest absolute Gasteiger partial charge is 0.313 e. The maximum absolute atomic E-state index is 15.3. The van der Waals surface area contributed by atoms with Gasteiger partial charge in [0, 0.05) is 17.4 Å². The van der Waals surface area contributed by atoms with Crippen molar-refractivity contribution in [2.45, 2.75) is 55.8 Å². The Labute approximate surface area is 319 Å². The third kappa shape index (κ3) is 6.41. The summed E-state index contributed by atoms with van der Waals surface area (Å²) >= 11 is 3.62. The number of fused-ring (bicyclic) bond motifs is 3. The zero-order chi connectivity index (χ0) is 37.4. The first-order valence-electron chi connectivity index (χ1n) is 18.1. The summed E-state index contributed by atoms with van der Waals surface area (Å²) in [5, 5.41) is 22.5. The molecule has 0 unspecified atom stereocenters. The lowest BCUT2D eigenvalue weighted by atomic mass is 9.74. The zero-order valence-corrected chi connectivity index (χ0v) is 30.8. The van der Waals surface area contributed by atoms with Gasteiger partial charge in [0.05, 0.1) is 30.6 Å². The Morgan fingerprint density at radius 1 is 0.944 bits per heavy atom. The Morgan fingerprint density at radius 3 is 2.46 bits per heavy atom. The number of likely N-dealkylation sites (tertiary alicyclic amines) is 1. The molecule has 4 aromatic rings. The van der Waals surface area contributed by atoms with Gasteiger partial charge < -0.3 is 29.7 Å². The number of rotatable bonds is 7. The topological polar surface area (TPSA) is 156 Å². The number of para-hydroxylation sites is 1. The number of aliphatic hydroxyl groups is 1. The first-order chi connectivity index (χ1) is 26.3. The Bertz CT molecular complexity index is 2130. The molecule has 2 N–H and O–H groups in total. The van der Waals surface area contributed by atoms with Crippen molar-refractivity contribution in [2.24, 2.45) is 11.8 Å². The van der Waals surface area contributed by atoms with Gasteiger partial charge in [0.15, 0.2) is 0 Å². The number of benzene rings is 3. The highest BCUT2D eigenvalue weighted by Gasteiger charge is 2.75. The van der Waals surface area contributed by atoms with E-state index >= 15 is 9.59 Å². The van der Waals surface area contributed by atoms with Crippen LogP contribution in [-0.2, 0) is 41.7 Å². The first kappa shape index (κ1) is 35.8. The number of hydrogen-bond donors (Lipinski definition) is 2. The van der Waals surface area contributed by atoms with E-state index in [0.29, 0.717) is 27.5 Å². The van der Waals surface area contributed by atoms with Crippen molar-refractivity contribution in [2.75, 3.05) is 19.7 Å². The molecule has 4 aliphatic heterocycles. The number of nitrogens with one attached hydrogen (secondary N) is 1. The molecule has 1 aromatic heterocycles. The zero-order valence-electron chi connectivity index (χ0n) is 29.2. The molecular formula is C40H39BrN6O7. The Hall–Kier alpha value is -5.18. The summed E-state index contributed by atoms with van der Waals surface area (Å²) in [6, 6.07) is 23.8. The molecule has 0 saturated carbocycles. The average Bonchev–Trinajstić information content (AvgIpc) is 3.92. The fourth-order valence-corrected chi connectivity index (χ4v) is 8.99. The van der Waals surface area contributed by atoms with Crippen LogP contribution in [0.25, 0.3) is 11.0 Å². The molecule has 8 rings (SSSR count). The maximum Gasteiger partial charge on any atom is 0.313 e. The van der Waals surface area contributed by atoms with Crippen molar-refractivity contribution >= 4 is 50.7 Å². The van der Waals surface area contributed by atoms with Gasteiger partial charge in [-0.25, -0.2) is 4.68 Å². The number of hydrogen-bond acceptors (Lipinski definition) is 9. The number of nitrogens with zero attached hydrogens (tertiary/aromatic N) is 5. The predicted molar refractivity (Wildman–Crippen MR) is 199 cm³/mol. The molecule has 2 saturated heterocycles. The van der Waals surface area contributed by atoms with Crippen LogP contribution in [0.1, 0.15) is 30.1 Å². The largest absolute Gasteiger partial charge is 0.455 e. The molecule has 13 nitrogen and oxygen atoms in total. The van der Waals surface area contributed by atoms with E-state index in [-0.39, 0.29) is 38.5 Å². The lowest BCUT2D eigenvalue weighted by molar-refractivity contribution is -0.160. The van der Waals surface area contributed by atoms with Gasteiger partial charge in [-0.05, 0) is 42.2 Å². The summed E-state index contributed by atoms with van der Waals surface area (Å²) in [6.07, 6.45) is 4.46. The van der Waals surface area contributed by atoms with Crippen molar-refractivity contribution in [3.05, 3.63) is 119 Å². The van der Waals surface area contributed by atoms with Crippen LogP contribution < -0.4 is 5.32 Å². The van der Waals surface area contributed by atoms with Gasteiger partial charge in [-0.1, -0.05) is 106 Å². The normalized spacial score (nSPS) is 28.5. The number of carbonyl (C=O) groups is 4. The highest BCUT2D eigenvalue weighted by atomic mass is 79.9. The summed E-state index contributed by atoms with van der Waals surface area (Å²) < 4.78 is 15.0. The minimum atomic E-state index is -1.57. The first-order valence-corrected chi connectivity index (χ1v) is 18.9. The van der Waals surface area contributed by atoms with Crippen molar-refractivity contribution in [1.29, 1.82) is 0 Å². The van der Waals surface area contributed by atoms with E-state index in [1.165, 1.54) is 4.90 Å². The third-order valence-electron chi connectivity index (χ3n) is 10.8. The van der Waals surface area contributed by atoms with E-state index in [2.05, 4.69) is 31.6 Å². The molecule has 2 fully saturated rings. The molecule has 1 spiro atoms. The lowest BCUT2D eigenvalue weighted by Gasteiger charge is -2.38. The number of ether oxygens (including phenoxy) is 2. The van der Waals surface area contributed by atoms with Gasteiger partial charge >= 0.3 is 5.97 Å². The highest BCUT2D eigenvalue weighted by molar-refractivity contribution is 9.11. The second-order valence-corrected chi connectivity index (χ2v) is 14.9. The summed E-state index contributed by atoms with van der Waals surface area (Å²) in [7, 11) is 0. The molecule has 0 aliphatic carbocycles. The van der Waals surface area contributed by atoms with Crippen LogP contribution in [0.5, 0.6) is 0 Å². The number of cyclic esters (lactones) is 1. The second kappa shape index (κ2) is 14.9. The van der Waals surface area contributed by atoms with Crippen LogP contribution in [0, 0.1) is 11.8 Å². The Morgan fingerprint density at radius 2 is 1.69 bits per heavy atom. The minimum absolute atomic E-state index is 0.0217. The van der Waals surface area contributed by atoms with Crippen molar-refractivity contribution in [3.63, 3.8) is 0 Å². The Kier molecular flexibility index (Phi) is 9.90. The minimum Gasteiger partial charge on any atom is -0.455 e. The number of amides is 3. The number of halogens is 1. The van der Waals surface area contributed by atoms with Crippen LogP contribution >= 0.6 is 15.9 Å². The van der Waals surface area contributed by atoms with Crippen LogP contribution in [0.3, 0.4) is 0 Å². The summed E-state index contributed by atoms with van der Waals surface area (Å²) in [6.45, 7) is -0.343. The standard InChI is InChI=1S/C40H39BrN6O7/c41-28-21-40-34-33(35(28)54-40)39(52)53-31(26-14-6-2-7-15-26)22-42-32(49)18-8-3-11-19-45(24-46-30-17-10-9-16-29(30)43-44-46)38(51)36(40)47(37(34)50)27(23-48)20-25-12-4-1-5-13-25/h1-7,9-17,21,27,31,33-36,48H,8,18-20,22-24H2,(H,42,49)/b11-3-/t27-,31-,33-,34+,35-,36-,40+/m1/s1. The number of esters is 1. The van der Waals surface area contributed by atoms with Gasteiger partial charge in [0.25, 0.3) is 5.91 Å². The van der Waals surface area contributed by atoms with Crippen molar-refractivity contribution in [3.8, 4) is 0 Å². The summed E-state index contributed by atoms with van der Waals surface area (Å²) in [4.78, 5) is 60.8. The number of allylic oxidation sites excluding steroid dienone is 1. The van der Waals surface area contributed by atoms with Gasteiger partial charge in [-0.2, -0.15) is 0 Å². The molecule has 5 bridgehead atoms. The van der Waals surface area contributed by atoms with Crippen LogP contribution in [0.15, 0.2) is 108 Å². The third-order valence-corrected chi connectivity index (χ3v) is 11.4. The fourth-order valence-electron chi connectivity index (χ4n) is 8.25. The fraction of sp³-hybridized carbons (Fsp3) is 0.350. The van der Waals surface area contributed by atoms with E-state index in [1.807, 2.05) is 97.1 Å². The maximum atomic E-state index is 15.3. The Balaban J connectivity index is 1.24. The number of aromatic nitrogens is 3. The van der Waals surface area contributed by atoms with Crippen molar-refractivity contribution < 1.29 is 33.8 Å². The lowest BCUT2D eigenvalue weighted by Crippen LogP contribution is -2.59. The van der Waals surface area contributed by atoms with Gasteiger partial charge in [0.2, 0.25) is 11.8 Å². The molecule has 54 heavy (non-hydrogen) atoms. The molecule has 3 aromatic carbocycles. The number of aliphatic hydroxyl groups excluding tert-OH is 1. The second-order valence-electron chi connectivity index (χ2n) is 14.0. The molecule has 14 heteroatoms. The SMILES string of the molecule is O=C1CC/C=C\CN(Cn2nnc3ccccc32)C(=O)[C@H]2N([C@@H](CO)Cc3ccccc3)C(=O)[C@@H]3[C@@H](C(=O)O[C@@H](c4ccccc4)CN1)[C@@H]1O[C@@]32C=C1Br. The molecule has 7 atom stereocenters. The van der Waals surface area contributed by atoms with Gasteiger partial charge in [-0.3, -0.25) is 19.2 Å². The van der Waals surface area contributed by atoms with E-state index in [9.17, 15) is 14.7 Å². The highest BCUT2D eigenvalue weighted by Crippen LogP contribution is 2.59. The molecule has 0 radical (unpaired) electrons. The number of carbonyl (C=O) groups excluding carboxylic acids is 4. The van der Waals surface area contributed by atoms with E-state index < -0.39 is 66.1 Å². The monoisotopic (exact) mass is 794 g/mol. The van der Waals surface area contributed by atoms with Gasteiger partial charge in [-0.15, -0.1) is 5.10 Å². The summed E-state index contributed by atoms with van der Waals surface area (Å²) in [5.41, 5.74) is 1.32. The summed E-state index contributed by atoms with van der Waals surface area (Å²) in [5.74, 6) is -4.13. The molecule has 3 amide bonds. The van der Waals surface area contributed by atoms with Crippen LogP contribution in [0.4, 0.5) is 0 Å². The predicted octanol–water partition coefficient (Wildman–Crippen LogP) is 3.44. The quantitative estimate of drug-likeness (QED) is 0.212. The van der Waals surface area contributed by atoms with Gasteiger partial charge in [0.1, 0.15) is 42.0 Å². The molecule has 5 heterocycles. The van der Waals surface area contributed by atoms with Crippen LogP contribution in [0.2, 0.25) is 0 Å².